The predicted molar refractivity (Wildman–Crippen MR) is 111 cm³/mol. The van der Waals surface area contributed by atoms with Crippen molar-refractivity contribution in [2.45, 2.75) is 53.5 Å². The molecule has 0 saturated carbocycles. The Hall–Kier alpha value is -1.88. The number of carbonyl (C=O) groups excluding carboxylic acids is 1. The minimum atomic E-state index is 0.0186. The van der Waals surface area contributed by atoms with Crippen LogP contribution in [0.5, 0.6) is 0 Å². The molecule has 2 rings (SSSR count). The molecule has 0 aliphatic carbocycles. The molecule has 2 aromatic rings. The van der Waals surface area contributed by atoms with Crippen LogP contribution in [0.15, 0.2) is 24.3 Å². The lowest BCUT2D eigenvalue weighted by molar-refractivity contribution is 0.0744. The first-order chi connectivity index (χ1) is 12.4. The second-order valence-electron chi connectivity index (χ2n) is 6.75. The maximum Gasteiger partial charge on any atom is 0.254 e. The quantitative estimate of drug-likeness (QED) is 0.636. The van der Waals surface area contributed by atoms with Gasteiger partial charge < -0.3 is 9.80 Å². The first kappa shape index (κ1) is 20.4. The molecule has 5 heteroatoms. The number of hydrogen-bond donors (Lipinski definition) is 0. The fourth-order valence-corrected chi connectivity index (χ4v) is 4.15. The lowest BCUT2D eigenvalue weighted by Gasteiger charge is -2.26. The molecule has 0 bridgehead atoms. The minimum absolute atomic E-state index is 0.0186. The molecule has 0 aliphatic heterocycles. The van der Waals surface area contributed by atoms with Crippen LogP contribution in [0, 0.1) is 13.8 Å². The molecule has 1 aromatic carbocycles. The summed E-state index contributed by atoms with van der Waals surface area (Å²) in [4.78, 5) is 22.7. The van der Waals surface area contributed by atoms with Crippen LogP contribution in [0.3, 0.4) is 0 Å². The van der Waals surface area contributed by atoms with Gasteiger partial charge in [-0.2, -0.15) is 0 Å². The largest absolute Gasteiger partial charge is 0.372 e. The number of thiazole rings is 1. The van der Waals surface area contributed by atoms with Crippen molar-refractivity contribution in [2.24, 2.45) is 0 Å². The Bertz CT molecular complexity index is 723. The number of unbranched alkanes of at least 4 members (excludes halogenated alkanes) is 1. The smallest absolute Gasteiger partial charge is 0.254 e. The van der Waals surface area contributed by atoms with Crippen LogP contribution < -0.4 is 4.90 Å². The number of aryl methyl sites for hydroxylation is 2. The molecule has 0 radical (unpaired) electrons. The monoisotopic (exact) mass is 373 g/mol. The normalized spacial score (nSPS) is 12.1. The number of hydrogen-bond acceptors (Lipinski definition) is 4. The summed E-state index contributed by atoms with van der Waals surface area (Å²) in [6, 6.07) is 8.03. The van der Waals surface area contributed by atoms with Crippen LogP contribution >= 0.6 is 11.3 Å². The molecule has 142 valence electrons. The molecular formula is C21H31N3OS. The zero-order valence-corrected chi connectivity index (χ0v) is 17.7. The maximum atomic E-state index is 12.9. The van der Waals surface area contributed by atoms with Gasteiger partial charge >= 0.3 is 0 Å². The molecule has 0 aliphatic rings. The summed E-state index contributed by atoms with van der Waals surface area (Å²) < 4.78 is 0. The van der Waals surface area contributed by atoms with E-state index >= 15 is 0 Å². The number of carbonyl (C=O) groups is 1. The van der Waals surface area contributed by atoms with Gasteiger partial charge in [-0.25, -0.2) is 4.98 Å². The van der Waals surface area contributed by atoms with Gasteiger partial charge in [0.2, 0.25) is 0 Å². The highest BCUT2D eigenvalue weighted by atomic mass is 32.1. The van der Waals surface area contributed by atoms with Gasteiger partial charge in [-0.05, 0) is 58.4 Å². The lowest BCUT2D eigenvalue weighted by Crippen LogP contribution is -2.29. The average molecular weight is 374 g/mol. The summed E-state index contributed by atoms with van der Waals surface area (Å²) in [5.74, 6) is 0.0473. The lowest BCUT2D eigenvalue weighted by atomic mass is 10.1. The number of anilines is 1. The molecule has 0 saturated heterocycles. The molecule has 1 heterocycles. The molecule has 1 unspecified atom stereocenters. The molecule has 0 fully saturated rings. The van der Waals surface area contributed by atoms with Gasteiger partial charge in [0.15, 0.2) is 0 Å². The highest BCUT2D eigenvalue weighted by Crippen LogP contribution is 2.29. The molecule has 4 nitrogen and oxygen atoms in total. The Kier molecular flexibility index (Phi) is 7.21. The highest BCUT2D eigenvalue weighted by Gasteiger charge is 2.22. The van der Waals surface area contributed by atoms with Crippen LogP contribution in [-0.2, 0) is 0 Å². The molecular weight excluding hydrogens is 342 g/mol. The van der Waals surface area contributed by atoms with Crippen molar-refractivity contribution >= 4 is 22.9 Å². The van der Waals surface area contributed by atoms with E-state index in [4.69, 9.17) is 0 Å². The molecule has 1 amide bonds. The highest BCUT2D eigenvalue weighted by molar-refractivity contribution is 7.11. The van der Waals surface area contributed by atoms with Crippen molar-refractivity contribution in [3.63, 3.8) is 0 Å². The van der Waals surface area contributed by atoms with Gasteiger partial charge in [0, 0.05) is 36.3 Å². The van der Waals surface area contributed by atoms with Crippen molar-refractivity contribution < 1.29 is 4.79 Å². The van der Waals surface area contributed by atoms with Crippen LogP contribution in [0.1, 0.15) is 65.6 Å². The van der Waals surface area contributed by atoms with E-state index < -0.39 is 0 Å². The first-order valence-corrected chi connectivity index (χ1v) is 10.3. The SMILES string of the molecule is CCCCN(CC)c1ccc(C(=O)N(C)C(C)c2sc(C)nc2C)cc1. The van der Waals surface area contributed by atoms with Crippen molar-refractivity contribution in [3.05, 3.63) is 45.4 Å². The predicted octanol–water partition coefficient (Wildman–Crippen LogP) is 5.22. The van der Waals surface area contributed by atoms with Crippen molar-refractivity contribution in [3.8, 4) is 0 Å². The first-order valence-electron chi connectivity index (χ1n) is 9.45. The zero-order chi connectivity index (χ0) is 19.3. The Labute approximate surface area is 161 Å². The summed E-state index contributed by atoms with van der Waals surface area (Å²) in [7, 11) is 1.87. The van der Waals surface area contributed by atoms with Gasteiger partial charge in [0.1, 0.15) is 0 Å². The number of benzene rings is 1. The van der Waals surface area contributed by atoms with E-state index in [1.165, 1.54) is 18.5 Å². The number of nitrogens with zero attached hydrogens (tertiary/aromatic N) is 3. The molecule has 1 atom stereocenters. The van der Waals surface area contributed by atoms with Crippen molar-refractivity contribution in [2.75, 3.05) is 25.0 Å². The van der Waals surface area contributed by atoms with Crippen molar-refractivity contribution in [1.82, 2.24) is 9.88 Å². The van der Waals surface area contributed by atoms with Gasteiger partial charge in [-0.15, -0.1) is 11.3 Å². The van der Waals surface area contributed by atoms with E-state index in [1.54, 1.807) is 11.3 Å². The van der Waals surface area contributed by atoms with Gasteiger partial charge in [-0.1, -0.05) is 13.3 Å². The Morgan fingerprint density at radius 1 is 1.19 bits per heavy atom. The maximum absolute atomic E-state index is 12.9. The van der Waals surface area contributed by atoms with Crippen LogP contribution in [-0.4, -0.2) is 35.9 Å². The van der Waals surface area contributed by atoms with Crippen molar-refractivity contribution in [1.29, 1.82) is 0 Å². The average Bonchev–Trinajstić information content (AvgIpc) is 2.99. The Balaban J connectivity index is 2.12. The van der Waals surface area contributed by atoms with Crippen LogP contribution in [0.4, 0.5) is 5.69 Å². The van der Waals surface area contributed by atoms with Gasteiger partial charge in [0.25, 0.3) is 5.91 Å². The van der Waals surface area contributed by atoms with Gasteiger partial charge in [-0.3, -0.25) is 4.79 Å². The molecule has 26 heavy (non-hydrogen) atoms. The van der Waals surface area contributed by atoms with E-state index in [2.05, 4.69) is 42.8 Å². The second-order valence-corrected chi connectivity index (χ2v) is 7.99. The Morgan fingerprint density at radius 3 is 2.35 bits per heavy atom. The number of aromatic nitrogens is 1. The van der Waals surface area contributed by atoms with Crippen LogP contribution in [0.25, 0.3) is 0 Å². The molecule has 0 spiro atoms. The number of amides is 1. The fraction of sp³-hybridized carbons (Fsp3) is 0.524. The number of rotatable bonds is 8. The third kappa shape index (κ3) is 4.64. The topological polar surface area (TPSA) is 36.4 Å². The van der Waals surface area contributed by atoms with E-state index in [1.807, 2.05) is 37.9 Å². The standard InChI is InChI=1S/C21H31N3OS/c1-7-9-14-24(8-2)19-12-10-18(11-13-19)21(25)23(6)16(4)20-15(3)22-17(5)26-20/h10-13,16H,7-9,14H2,1-6H3. The fourth-order valence-electron chi connectivity index (χ4n) is 3.12. The van der Waals surface area contributed by atoms with E-state index in [0.29, 0.717) is 0 Å². The summed E-state index contributed by atoms with van der Waals surface area (Å²) in [5.41, 5.74) is 2.93. The van der Waals surface area contributed by atoms with E-state index in [0.717, 1.165) is 34.2 Å². The second kappa shape index (κ2) is 9.17. The zero-order valence-electron chi connectivity index (χ0n) is 16.9. The summed E-state index contributed by atoms with van der Waals surface area (Å²) in [6.07, 6.45) is 2.37. The Morgan fingerprint density at radius 2 is 1.85 bits per heavy atom. The summed E-state index contributed by atoms with van der Waals surface area (Å²) in [5, 5.41) is 1.04. The molecule has 0 N–H and O–H groups in total. The summed E-state index contributed by atoms with van der Waals surface area (Å²) >= 11 is 1.67. The van der Waals surface area contributed by atoms with Gasteiger partial charge in [0.05, 0.1) is 16.7 Å². The van der Waals surface area contributed by atoms with E-state index in [-0.39, 0.29) is 11.9 Å². The minimum Gasteiger partial charge on any atom is -0.372 e. The third-order valence-corrected chi connectivity index (χ3v) is 6.11. The van der Waals surface area contributed by atoms with Crippen LogP contribution in [0.2, 0.25) is 0 Å². The molecule has 1 aromatic heterocycles. The summed E-state index contributed by atoms with van der Waals surface area (Å²) in [6.45, 7) is 12.5. The third-order valence-electron chi connectivity index (χ3n) is 4.86. The van der Waals surface area contributed by atoms with E-state index in [9.17, 15) is 4.79 Å².